The van der Waals surface area contributed by atoms with Gasteiger partial charge in [0.05, 0.1) is 0 Å². The van der Waals surface area contributed by atoms with E-state index in [9.17, 15) is 4.79 Å². The second-order valence-electron chi connectivity index (χ2n) is 6.13. The lowest BCUT2D eigenvalue weighted by molar-refractivity contribution is 0.557. The Hall–Kier alpha value is -2.33. The molecule has 0 N–H and O–H groups in total. The largest absolute Gasteiger partial charge is 0.456 e. The summed E-state index contributed by atoms with van der Waals surface area (Å²) >= 11 is 3.50. The van der Waals surface area contributed by atoms with E-state index in [4.69, 9.17) is 8.83 Å². The third kappa shape index (κ3) is 2.29. The van der Waals surface area contributed by atoms with E-state index >= 15 is 0 Å². The fourth-order valence-corrected chi connectivity index (χ4v) is 3.61. The number of furan rings is 1. The van der Waals surface area contributed by atoms with Crippen LogP contribution in [0.15, 0.2) is 54.5 Å². The van der Waals surface area contributed by atoms with Crippen molar-refractivity contribution in [2.45, 2.75) is 20.8 Å². The molecule has 0 amide bonds. The van der Waals surface area contributed by atoms with Gasteiger partial charge in [-0.2, -0.15) is 0 Å². The van der Waals surface area contributed by atoms with Crippen molar-refractivity contribution in [2.24, 2.45) is 0 Å². The van der Waals surface area contributed by atoms with Crippen LogP contribution < -0.4 is 5.63 Å². The van der Waals surface area contributed by atoms with Gasteiger partial charge in [0.1, 0.15) is 16.9 Å². The molecule has 2 heterocycles. The molecule has 0 spiro atoms. The standard InChI is InChI=1S/C20H15BrO3/c1-10-6-11(2)19-15(7-10)16(9-18(22)24-19)20-12(3)14-8-13(21)4-5-17(14)23-20/h4-9H,1-3H3. The molecule has 0 atom stereocenters. The van der Waals surface area contributed by atoms with Crippen LogP contribution in [0.5, 0.6) is 0 Å². The van der Waals surface area contributed by atoms with E-state index in [1.165, 1.54) is 6.07 Å². The van der Waals surface area contributed by atoms with E-state index in [-0.39, 0.29) is 5.63 Å². The molecule has 0 radical (unpaired) electrons. The zero-order chi connectivity index (χ0) is 17.0. The molecule has 2 aromatic heterocycles. The predicted octanol–water partition coefficient (Wildman–Crippen LogP) is 5.89. The number of hydrogen-bond donors (Lipinski definition) is 0. The Balaban J connectivity index is 2.14. The van der Waals surface area contributed by atoms with Crippen LogP contribution in [0.2, 0.25) is 0 Å². The van der Waals surface area contributed by atoms with Gasteiger partial charge in [-0.3, -0.25) is 0 Å². The molecular formula is C20H15BrO3. The molecule has 4 aromatic rings. The van der Waals surface area contributed by atoms with Crippen LogP contribution in [0.4, 0.5) is 0 Å². The van der Waals surface area contributed by atoms with Crippen LogP contribution in [0, 0.1) is 20.8 Å². The van der Waals surface area contributed by atoms with Gasteiger partial charge in [0.25, 0.3) is 0 Å². The Morgan fingerprint density at radius 3 is 2.50 bits per heavy atom. The lowest BCUT2D eigenvalue weighted by atomic mass is 10.0. The van der Waals surface area contributed by atoms with Gasteiger partial charge in [-0.15, -0.1) is 0 Å². The smallest absolute Gasteiger partial charge is 0.336 e. The van der Waals surface area contributed by atoms with Crippen molar-refractivity contribution >= 4 is 37.9 Å². The minimum Gasteiger partial charge on any atom is -0.456 e. The van der Waals surface area contributed by atoms with Gasteiger partial charge in [-0.25, -0.2) is 4.79 Å². The van der Waals surface area contributed by atoms with E-state index in [2.05, 4.69) is 15.9 Å². The highest BCUT2D eigenvalue weighted by atomic mass is 79.9. The Labute approximate surface area is 147 Å². The summed E-state index contributed by atoms with van der Waals surface area (Å²) in [6.07, 6.45) is 0. The average molecular weight is 383 g/mol. The zero-order valence-corrected chi connectivity index (χ0v) is 15.2. The van der Waals surface area contributed by atoms with Crippen molar-refractivity contribution in [3.05, 3.63) is 68.0 Å². The average Bonchev–Trinajstić information content (AvgIpc) is 2.84. The lowest BCUT2D eigenvalue weighted by Crippen LogP contribution is -1.99. The number of halogens is 1. The first-order valence-electron chi connectivity index (χ1n) is 7.68. The highest BCUT2D eigenvalue weighted by Gasteiger charge is 2.18. The minimum absolute atomic E-state index is 0.370. The van der Waals surface area contributed by atoms with E-state index in [1.807, 2.05) is 51.1 Å². The summed E-state index contributed by atoms with van der Waals surface area (Å²) in [7, 11) is 0. The quantitative estimate of drug-likeness (QED) is 0.385. The third-order valence-corrected chi connectivity index (χ3v) is 4.81. The number of aryl methyl sites for hydroxylation is 3. The summed E-state index contributed by atoms with van der Waals surface area (Å²) in [5, 5.41) is 1.93. The summed E-state index contributed by atoms with van der Waals surface area (Å²) in [6.45, 7) is 5.99. The van der Waals surface area contributed by atoms with Crippen LogP contribution in [0.1, 0.15) is 16.7 Å². The number of hydrogen-bond acceptors (Lipinski definition) is 3. The molecule has 4 rings (SSSR count). The first-order valence-corrected chi connectivity index (χ1v) is 8.47. The fraction of sp³-hybridized carbons (Fsp3) is 0.150. The van der Waals surface area contributed by atoms with Crippen LogP contribution in [-0.4, -0.2) is 0 Å². The maximum atomic E-state index is 12.1. The molecule has 2 aromatic carbocycles. The molecule has 3 nitrogen and oxygen atoms in total. The van der Waals surface area contributed by atoms with Crippen molar-refractivity contribution in [3.8, 4) is 11.3 Å². The number of rotatable bonds is 1. The molecule has 24 heavy (non-hydrogen) atoms. The van der Waals surface area contributed by atoms with Crippen molar-refractivity contribution in [2.75, 3.05) is 0 Å². The van der Waals surface area contributed by atoms with E-state index in [1.54, 1.807) is 0 Å². The van der Waals surface area contributed by atoms with Crippen LogP contribution in [-0.2, 0) is 0 Å². The fourth-order valence-electron chi connectivity index (χ4n) is 3.25. The van der Waals surface area contributed by atoms with Crippen molar-refractivity contribution in [1.29, 1.82) is 0 Å². The monoisotopic (exact) mass is 382 g/mol. The SMILES string of the molecule is Cc1cc(C)c2oc(=O)cc(-c3oc4ccc(Br)cc4c3C)c2c1. The predicted molar refractivity (Wildman–Crippen MR) is 99.6 cm³/mol. The van der Waals surface area contributed by atoms with Gasteiger partial charge < -0.3 is 8.83 Å². The molecule has 4 heteroatoms. The molecule has 120 valence electrons. The summed E-state index contributed by atoms with van der Waals surface area (Å²) in [6, 6.07) is 11.5. The molecular weight excluding hydrogens is 368 g/mol. The van der Waals surface area contributed by atoms with Gasteiger partial charge in [0, 0.05) is 32.4 Å². The Morgan fingerprint density at radius 2 is 1.71 bits per heavy atom. The Kier molecular flexibility index (Phi) is 3.39. The molecule has 0 unspecified atom stereocenters. The summed E-state index contributed by atoms with van der Waals surface area (Å²) < 4.78 is 12.5. The second-order valence-corrected chi connectivity index (χ2v) is 7.05. The molecule has 0 bridgehead atoms. The molecule has 0 saturated carbocycles. The summed E-state index contributed by atoms with van der Waals surface area (Å²) in [5.74, 6) is 0.714. The van der Waals surface area contributed by atoms with E-state index in [0.717, 1.165) is 43.1 Å². The van der Waals surface area contributed by atoms with Gasteiger partial charge in [0.2, 0.25) is 0 Å². The highest BCUT2D eigenvalue weighted by Crippen LogP contribution is 2.37. The van der Waals surface area contributed by atoms with Crippen LogP contribution in [0.3, 0.4) is 0 Å². The number of fused-ring (bicyclic) bond motifs is 2. The van der Waals surface area contributed by atoms with Crippen LogP contribution in [0.25, 0.3) is 33.3 Å². The van der Waals surface area contributed by atoms with E-state index in [0.29, 0.717) is 11.3 Å². The van der Waals surface area contributed by atoms with Gasteiger partial charge in [-0.1, -0.05) is 22.0 Å². The summed E-state index contributed by atoms with van der Waals surface area (Å²) in [4.78, 5) is 12.1. The Morgan fingerprint density at radius 1 is 0.917 bits per heavy atom. The topological polar surface area (TPSA) is 43.4 Å². The first-order chi connectivity index (χ1) is 11.4. The minimum atomic E-state index is -0.370. The van der Waals surface area contributed by atoms with Crippen molar-refractivity contribution < 1.29 is 8.83 Å². The molecule has 0 aliphatic heterocycles. The molecule has 0 aliphatic carbocycles. The molecule has 0 fully saturated rings. The van der Waals surface area contributed by atoms with E-state index < -0.39 is 0 Å². The number of benzene rings is 2. The Bertz CT molecular complexity index is 1170. The maximum Gasteiger partial charge on any atom is 0.336 e. The van der Waals surface area contributed by atoms with Crippen molar-refractivity contribution in [1.82, 2.24) is 0 Å². The maximum absolute atomic E-state index is 12.1. The van der Waals surface area contributed by atoms with Gasteiger partial charge >= 0.3 is 5.63 Å². The second kappa shape index (κ2) is 5.35. The normalized spacial score (nSPS) is 11.5. The van der Waals surface area contributed by atoms with Crippen LogP contribution >= 0.6 is 15.9 Å². The molecule has 0 aliphatic rings. The zero-order valence-electron chi connectivity index (χ0n) is 13.6. The van der Waals surface area contributed by atoms with Crippen molar-refractivity contribution in [3.63, 3.8) is 0 Å². The van der Waals surface area contributed by atoms with Gasteiger partial charge in [0.15, 0.2) is 0 Å². The summed E-state index contributed by atoms with van der Waals surface area (Å²) in [5.41, 5.74) is 4.90. The molecule has 0 saturated heterocycles. The first kappa shape index (κ1) is 15.2. The highest BCUT2D eigenvalue weighted by molar-refractivity contribution is 9.10. The lowest BCUT2D eigenvalue weighted by Gasteiger charge is -2.07. The van der Waals surface area contributed by atoms with Gasteiger partial charge in [-0.05, 0) is 56.2 Å². The third-order valence-electron chi connectivity index (χ3n) is 4.32.